The molecule has 0 amide bonds. The molecule has 0 heterocycles. The molecule has 1 aliphatic carbocycles. The zero-order chi connectivity index (χ0) is 10.2. The molecule has 5 heteroatoms. The molecule has 0 radical (unpaired) electrons. The maximum Gasteiger partial charge on any atom is 0.0704 e. The Kier molecular flexibility index (Phi) is 7.06. The molecule has 1 fully saturated rings. The van der Waals surface area contributed by atoms with E-state index >= 15 is 0 Å². The van der Waals surface area contributed by atoms with Crippen molar-refractivity contribution in [2.75, 3.05) is 19.8 Å². The molecular formula is C9H19NO2S2. The van der Waals surface area contributed by atoms with Crippen LogP contribution in [0.15, 0.2) is 0 Å². The highest BCUT2D eigenvalue weighted by atomic mass is 33.1. The topological polar surface area (TPSA) is 30.5 Å². The van der Waals surface area contributed by atoms with Gasteiger partial charge >= 0.3 is 0 Å². The van der Waals surface area contributed by atoms with Crippen LogP contribution in [0, 0.1) is 0 Å². The molecule has 14 heavy (non-hydrogen) atoms. The van der Waals surface area contributed by atoms with E-state index in [1.807, 2.05) is 0 Å². The number of thiol groups is 1. The zero-order valence-electron chi connectivity index (χ0n) is 8.57. The Morgan fingerprint density at radius 1 is 1.36 bits per heavy atom. The van der Waals surface area contributed by atoms with E-state index in [0.717, 1.165) is 39.1 Å². The van der Waals surface area contributed by atoms with Gasteiger partial charge in [-0.05, 0) is 30.2 Å². The van der Waals surface area contributed by atoms with Gasteiger partial charge in [0.05, 0.1) is 19.3 Å². The lowest BCUT2D eigenvalue weighted by atomic mass is 9.90. The summed E-state index contributed by atoms with van der Waals surface area (Å²) in [4.78, 5) is 0. The van der Waals surface area contributed by atoms with Crippen molar-refractivity contribution in [3.05, 3.63) is 0 Å². The third kappa shape index (κ3) is 4.89. The van der Waals surface area contributed by atoms with Gasteiger partial charge < -0.3 is 9.47 Å². The van der Waals surface area contributed by atoms with Crippen molar-refractivity contribution < 1.29 is 9.47 Å². The molecule has 3 nitrogen and oxygen atoms in total. The van der Waals surface area contributed by atoms with E-state index in [1.54, 1.807) is 0 Å². The van der Waals surface area contributed by atoms with Crippen LogP contribution in [0.4, 0.5) is 0 Å². The molecule has 0 aromatic rings. The van der Waals surface area contributed by atoms with E-state index in [1.165, 1.54) is 11.0 Å². The number of hydrogen-bond donors (Lipinski definition) is 2. The fraction of sp³-hybridized carbons (Fsp3) is 1.00. The highest BCUT2D eigenvalue weighted by Crippen LogP contribution is 2.25. The summed E-state index contributed by atoms with van der Waals surface area (Å²) in [5.74, 6) is 0. The summed E-state index contributed by atoms with van der Waals surface area (Å²) in [6.45, 7) is 4.40. The lowest BCUT2D eigenvalue weighted by molar-refractivity contribution is -0.0379. The predicted molar refractivity (Wildman–Crippen MR) is 63.6 cm³/mol. The molecule has 0 aromatic heterocycles. The minimum absolute atomic E-state index is 0.429. The molecule has 0 unspecified atom stereocenters. The number of nitrogens with one attached hydrogen (secondary N) is 1. The summed E-state index contributed by atoms with van der Waals surface area (Å²) >= 11 is 4.03. The van der Waals surface area contributed by atoms with Gasteiger partial charge in [-0.25, -0.2) is 0 Å². The van der Waals surface area contributed by atoms with Crippen molar-refractivity contribution >= 4 is 22.6 Å². The fourth-order valence-corrected chi connectivity index (χ4v) is 2.18. The first-order valence-corrected chi connectivity index (χ1v) is 6.99. The van der Waals surface area contributed by atoms with Crippen LogP contribution in [0.5, 0.6) is 0 Å². The van der Waals surface area contributed by atoms with Crippen LogP contribution in [0.1, 0.15) is 26.2 Å². The first-order valence-electron chi connectivity index (χ1n) is 5.12. The van der Waals surface area contributed by atoms with E-state index in [-0.39, 0.29) is 0 Å². The first-order chi connectivity index (χ1) is 6.86. The number of ether oxygens (including phenoxy) is 2. The molecule has 0 spiro atoms. The summed E-state index contributed by atoms with van der Waals surface area (Å²) in [6.07, 6.45) is 3.70. The summed E-state index contributed by atoms with van der Waals surface area (Å²) < 4.78 is 14.1. The van der Waals surface area contributed by atoms with Crippen LogP contribution in [0.2, 0.25) is 0 Å². The monoisotopic (exact) mass is 237 g/mol. The largest absolute Gasteiger partial charge is 0.379 e. The maximum absolute atomic E-state index is 5.60. The van der Waals surface area contributed by atoms with Crippen molar-refractivity contribution in [1.82, 2.24) is 4.72 Å². The Morgan fingerprint density at radius 3 is 2.79 bits per heavy atom. The highest BCUT2D eigenvalue weighted by Gasteiger charge is 2.29. The van der Waals surface area contributed by atoms with Gasteiger partial charge in [0, 0.05) is 12.6 Å². The number of hydrogen-bond acceptors (Lipinski definition) is 5. The molecular weight excluding hydrogens is 218 g/mol. The van der Waals surface area contributed by atoms with E-state index in [4.69, 9.17) is 9.47 Å². The zero-order valence-corrected chi connectivity index (χ0v) is 10.3. The summed E-state index contributed by atoms with van der Waals surface area (Å²) in [5, 5.41) is 0. The van der Waals surface area contributed by atoms with Crippen LogP contribution in [0.25, 0.3) is 0 Å². The van der Waals surface area contributed by atoms with Gasteiger partial charge in [0.2, 0.25) is 0 Å². The lowest BCUT2D eigenvalue weighted by Crippen LogP contribution is -2.42. The van der Waals surface area contributed by atoms with Crippen molar-refractivity contribution in [2.24, 2.45) is 0 Å². The minimum Gasteiger partial charge on any atom is -0.379 e. The molecule has 0 aliphatic heterocycles. The Hall–Kier alpha value is 0.580. The van der Waals surface area contributed by atoms with Gasteiger partial charge in [-0.2, -0.15) is 0 Å². The minimum atomic E-state index is 0.429. The number of rotatable bonds is 8. The van der Waals surface area contributed by atoms with Gasteiger partial charge in [-0.1, -0.05) is 18.6 Å². The van der Waals surface area contributed by atoms with Crippen LogP contribution < -0.4 is 4.72 Å². The Labute approximate surface area is 95.2 Å². The van der Waals surface area contributed by atoms with Gasteiger partial charge in [0.25, 0.3) is 0 Å². The van der Waals surface area contributed by atoms with Gasteiger partial charge in [-0.3, -0.25) is 4.72 Å². The van der Waals surface area contributed by atoms with Crippen LogP contribution in [0.3, 0.4) is 0 Å². The van der Waals surface area contributed by atoms with Crippen LogP contribution >= 0.6 is 22.6 Å². The SMILES string of the molecule is CCCOCCOC1CC(NSS)C1. The Balaban J connectivity index is 1.81. The third-order valence-corrected chi connectivity index (χ3v) is 3.00. The molecule has 1 N–H and O–H groups in total. The van der Waals surface area contributed by atoms with E-state index in [2.05, 4.69) is 23.3 Å². The van der Waals surface area contributed by atoms with Crippen molar-refractivity contribution in [3.8, 4) is 0 Å². The van der Waals surface area contributed by atoms with Crippen molar-refractivity contribution in [2.45, 2.75) is 38.3 Å². The average molecular weight is 237 g/mol. The summed E-state index contributed by atoms with van der Waals surface area (Å²) in [6, 6.07) is 0.582. The Bertz CT molecular complexity index is 143. The molecule has 0 atom stereocenters. The maximum atomic E-state index is 5.60. The molecule has 0 bridgehead atoms. The average Bonchev–Trinajstić information content (AvgIpc) is 2.13. The summed E-state index contributed by atoms with van der Waals surface area (Å²) in [7, 11) is 1.39. The van der Waals surface area contributed by atoms with Gasteiger partial charge in [0.1, 0.15) is 0 Å². The highest BCUT2D eigenvalue weighted by molar-refractivity contribution is 8.67. The second-order valence-electron chi connectivity index (χ2n) is 3.48. The predicted octanol–water partition coefficient (Wildman–Crippen LogP) is 2.04. The van der Waals surface area contributed by atoms with Gasteiger partial charge in [-0.15, -0.1) is 0 Å². The second kappa shape index (κ2) is 7.82. The first kappa shape index (κ1) is 12.6. The molecule has 84 valence electrons. The molecule has 1 aliphatic rings. The quantitative estimate of drug-likeness (QED) is 0.293. The molecule has 1 rings (SSSR count). The molecule has 1 saturated carbocycles. The van der Waals surface area contributed by atoms with Gasteiger partial charge in [0.15, 0.2) is 0 Å². The standard InChI is InChI=1S/C9H19NO2S2/c1-2-3-11-4-5-12-9-6-8(7-9)10-14-13/h8-10,13H,2-7H2,1H3. The van der Waals surface area contributed by atoms with E-state index < -0.39 is 0 Å². The van der Waals surface area contributed by atoms with Crippen molar-refractivity contribution in [1.29, 1.82) is 0 Å². The molecule has 0 saturated heterocycles. The second-order valence-corrected chi connectivity index (χ2v) is 4.45. The Morgan fingerprint density at radius 2 is 2.14 bits per heavy atom. The van der Waals surface area contributed by atoms with E-state index in [0.29, 0.717) is 12.1 Å². The fourth-order valence-electron chi connectivity index (χ4n) is 1.39. The lowest BCUT2D eigenvalue weighted by Gasteiger charge is -2.34. The van der Waals surface area contributed by atoms with Crippen LogP contribution in [-0.4, -0.2) is 32.0 Å². The van der Waals surface area contributed by atoms with Crippen LogP contribution in [-0.2, 0) is 9.47 Å². The normalized spacial score (nSPS) is 26.1. The third-order valence-electron chi connectivity index (χ3n) is 2.24. The summed E-state index contributed by atoms with van der Waals surface area (Å²) in [5.41, 5.74) is 0. The smallest absolute Gasteiger partial charge is 0.0704 e. The van der Waals surface area contributed by atoms with E-state index in [9.17, 15) is 0 Å². The molecule has 0 aromatic carbocycles. The van der Waals surface area contributed by atoms with Crippen molar-refractivity contribution in [3.63, 3.8) is 0 Å².